The number of H-pyrrole nitrogens is 1. The van der Waals surface area contributed by atoms with Gasteiger partial charge in [-0.15, -0.1) is 0 Å². The fraction of sp³-hybridized carbons (Fsp3) is 0.667. The van der Waals surface area contributed by atoms with Crippen LogP contribution in [0.2, 0.25) is 0 Å². The van der Waals surface area contributed by atoms with E-state index < -0.39 is 0 Å². The first-order chi connectivity index (χ1) is 10.7. The summed E-state index contributed by atoms with van der Waals surface area (Å²) in [6.07, 6.45) is 4.27. The minimum Gasteiger partial charge on any atom is -0.382 e. The molecule has 22 heavy (non-hydrogen) atoms. The summed E-state index contributed by atoms with van der Waals surface area (Å²) >= 11 is 0. The van der Waals surface area contributed by atoms with E-state index in [1.54, 1.807) is 6.20 Å². The Hall–Kier alpha value is -1.89. The quantitative estimate of drug-likeness (QED) is 0.718. The number of anilines is 1. The Bertz CT molecular complexity index is 532. The Morgan fingerprint density at radius 2 is 2.45 bits per heavy atom. The van der Waals surface area contributed by atoms with E-state index in [4.69, 9.17) is 4.74 Å². The molecule has 0 radical (unpaired) electrons. The summed E-state index contributed by atoms with van der Waals surface area (Å²) in [4.78, 5) is 25.6. The number of aromatic nitrogens is 2. The summed E-state index contributed by atoms with van der Waals surface area (Å²) in [6.45, 7) is 5.45. The molecule has 0 aromatic carbocycles. The zero-order valence-electron chi connectivity index (χ0n) is 13.0. The lowest BCUT2D eigenvalue weighted by molar-refractivity contribution is -0.125. The molecule has 0 spiro atoms. The van der Waals surface area contributed by atoms with Crippen LogP contribution in [0.4, 0.5) is 5.69 Å². The van der Waals surface area contributed by atoms with Crippen LogP contribution in [0.15, 0.2) is 17.1 Å². The van der Waals surface area contributed by atoms with Crippen LogP contribution >= 0.6 is 0 Å². The van der Waals surface area contributed by atoms with E-state index >= 15 is 0 Å². The highest BCUT2D eigenvalue weighted by Gasteiger charge is 2.25. The summed E-state index contributed by atoms with van der Waals surface area (Å²) in [5.74, 6) is 0.0409. The average Bonchev–Trinajstić information content (AvgIpc) is 2.54. The Morgan fingerprint density at radius 3 is 3.23 bits per heavy atom. The third-order valence-electron chi connectivity index (χ3n) is 3.78. The van der Waals surface area contributed by atoms with Crippen LogP contribution in [-0.4, -0.2) is 49.0 Å². The molecule has 7 heteroatoms. The van der Waals surface area contributed by atoms with Crippen molar-refractivity contribution in [1.82, 2.24) is 15.5 Å². The normalized spacial score (nSPS) is 18.2. The molecule has 1 aromatic heterocycles. The van der Waals surface area contributed by atoms with Crippen LogP contribution in [0.5, 0.6) is 0 Å². The van der Waals surface area contributed by atoms with Gasteiger partial charge in [-0.05, 0) is 26.2 Å². The Labute approximate surface area is 130 Å². The fourth-order valence-corrected chi connectivity index (χ4v) is 2.64. The Morgan fingerprint density at radius 1 is 1.59 bits per heavy atom. The number of amides is 1. The molecule has 1 aliphatic heterocycles. The number of ether oxygens (including phenoxy) is 1. The van der Waals surface area contributed by atoms with Crippen molar-refractivity contribution < 1.29 is 9.53 Å². The number of carbonyl (C=O) groups excluding carboxylic acids is 1. The molecule has 2 rings (SSSR count). The van der Waals surface area contributed by atoms with Gasteiger partial charge in [0, 0.05) is 38.9 Å². The monoisotopic (exact) mass is 308 g/mol. The Kier molecular flexibility index (Phi) is 6.39. The van der Waals surface area contributed by atoms with Crippen molar-refractivity contribution in [3.8, 4) is 0 Å². The van der Waals surface area contributed by atoms with Crippen molar-refractivity contribution >= 4 is 11.6 Å². The van der Waals surface area contributed by atoms with Crippen LogP contribution in [0, 0.1) is 5.92 Å². The lowest BCUT2D eigenvalue weighted by Gasteiger charge is -2.33. The third-order valence-corrected chi connectivity index (χ3v) is 3.78. The van der Waals surface area contributed by atoms with Gasteiger partial charge in [0.25, 0.3) is 5.56 Å². The van der Waals surface area contributed by atoms with E-state index in [0.717, 1.165) is 31.5 Å². The minimum atomic E-state index is -0.222. The maximum atomic E-state index is 12.2. The molecule has 2 N–H and O–H groups in total. The van der Waals surface area contributed by atoms with Crippen molar-refractivity contribution in [3.05, 3.63) is 22.6 Å². The molecule has 0 unspecified atom stereocenters. The molecule has 0 aliphatic carbocycles. The van der Waals surface area contributed by atoms with Gasteiger partial charge < -0.3 is 15.0 Å². The molecule has 1 aliphatic rings. The highest BCUT2D eigenvalue weighted by molar-refractivity contribution is 5.79. The number of aromatic amines is 1. The molecule has 1 saturated heterocycles. The predicted octanol–water partition coefficient (Wildman–Crippen LogP) is 0.529. The molecular formula is C15H24N4O3. The average molecular weight is 308 g/mol. The topological polar surface area (TPSA) is 87.3 Å². The van der Waals surface area contributed by atoms with Gasteiger partial charge in [-0.2, -0.15) is 5.10 Å². The molecule has 1 aromatic rings. The molecular weight excluding hydrogens is 284 g/mol. The number of nitrogens with zero attached hydrogens (tertiary/aromatic N) is 2. The first-order valence-corrected chi connectivity index (χ1v) is 7.86. The lowest BCUT2D eigenvalue weighted by atomic mass is 9.97. The molecule has 7 nitrogen and oxygen atoms in total. The highest BCUT2D eigenvalue weighted by atomic mass is 16.5. The standard InChI is InChI=1S/C15H24N4O3/c1-2-22-8-4-6-16-15(21)12-5-3-7-19(11-12)13-9-14(20)18-17-10-13/h9-10,12H,2-8,11H2,1H3,(H,16,21)(H,18,20)/t12-/m0/s1. The zero-order chi connectivity index (χ0) is 15.8. The minimum absolute atomic E-state index is 0.0415. The molecule has 1 atom stereocenters. The molecule has 0 saturated carbocycles. The van der Waals surface area contributed by atoms with Crippen LogP contribution in [-0.2, 0) is 9.53 Å². The van der Waals surface area contributed by atoms with Gasteiger partial charge in [0.1, 0.15) is 0 Å². The highest BCUT2D eigenvalue weighted by Crippen LogP contribution is 2.21. The van der Waals surface area contributed by atoms with Crippen molar-refractivity contribution in [3.63, 3.8) is 0 Å². The fourth-order valence-electron chi connectivity index (χ4n) is 2.64. The largest absolute Gasteiger partial charge is 0.382 e. The maximum Gasteiger partial charge on any atom is 0.266 e. The summed E-state index contributed by atoms with van der Waals surface area (Å²) in [7, 11) is 0. The van der Waals surface area contributed by atoms with Gasteiger partial charge in [-0.1, -0.05) is 0 Å². The zero-order valence-corrected chi connectivity index (χ0v) is 13.0. The van der Waals surface area contributed by atoms with Gasteiger partial charge in [-0.25, -0.2) is 5.10 Å². The van der Waals surface area contributed by atoms with Crippen LogP contribution in [0.3, 0.4) is 0 Å². The molecule has 1 fully saturated rings. The second-order valence-electron chi connectivity index (χ2n) is 5.43. The second-order valence-corrected chi connectivity index (χ2v) is 5.43. The van der Waals surface area contributed by atoms with E-state index in [2.05, 4.69) is 20.4 Å². The van der Waals surface area contributed by atoms with Gasteiger partial charge >= 0.3 is 0 Å². The van der Waals surface area contributed by atoms with Crippen LogP contribution in [0.25, 0.3) is 0 Å². The number of nitrogens with one attached hydrogen (secondary N) is 2. The van der Waals surface area contributed by atoms with Gasteiger partial charge in [-0.3, -0.25) is 9.59 Å². The molecule has 2 heterocycles. The number of hydrogen-bond donors (Lipinski definition) is 2. The van der Waals surface area contributed by atoms with Gasteiger partial charge in [0.15, 0.2) is 0 Å². The summed E-state index contributed by atoms with van der Waals surface area (Å²) < 4.78 is 5.25. The van der Waals surface area contributed by atoms with E-state index in [9.17, 15) is 9.59 Å². The van der Waals surface area contributed by atoms with E-state index in [-0.39, 0.29) is 17.4 Å². The smallest absolute Gasteiger partial charge is 0.266 e. The lowest BCUT2D eigenvalue weighted by Crippen LogP contribution is -2.43. The summed E-state index contributed by atoms with van der Waals surface area (Å²) in [6, 6.07) is 1.52. The number of rotatable bonds is 7. The van der Waals surface area contributed by atoms with E-state index in [1.165, 1.54) is 6.07 Å². The van der Waals surface area contributed by atoms with Crippen molar-refractivity contribution in [2.75, 3.05) is 37.7 Å². The summed E-state index contributed by atoms with van der Waals surface area (Å²) in [5.41, 5.74) is 0.553. The van der Waals surface area contributed by atoms with Crippen molar-refractivity contribution in [2.24, 2.45) is 5.92 Å². The van der Waals surface area contributed by atoms with Crippen LogP contribution in [0.1, 0.15) is 26.2 Å². The third kappa shape index (κ3) is 4.84. The van der Waals surface area contributed by atoms with Crippen molar-refractivity contribution in [2.45, 2.75) is 26.2 Å². The van der Waals surface area contributed by atoms with E-state index in [1.807, 2.05) is 6.92 Å². The maximum absolute atomic E-state index is 12.2. The first kappa shape index (κ1) is 16.5. The van der Waals surface area contributed by atoms with Gasteiger partial charge in [0.05, 0.1) is 17.8 Å². The van der Waals surface area contributed by atoms with E-state index in [0.29, 0.717) is 26.3 Å². The van der Waals surface area contributed by atoms with Gasteiger partial charge in [0.2, 0.25) is 5.91 Å². The molecule has 1 amide bonds. The second kappa shape index (κ2) is 8.53. The van der Waals surface area contributed by atoms with Crippen molar-refractivity contribution in [1.29, 1.82) is 0 Å². The first-order valence-electron chi connectivity index (χ1n) is 7.86. The predicted molar refractivity (Wildman–Crippen MR) is 83.9 cm³/mol. The number of carbonyl (C=O) groups is 1. The molecule has 0 bridgehead atoms. The molecule has 122 valence electrons. The SMILES string of the molecule is CCOCCCNC(=O)[C@H]1CCCN(c2cn[nH]c(=O)c2)C1. The Balaban J connectivity index is 1.82. The number of hydrogen-bond acceptors (Lipinski definition) is 5. The van der Waals surface area contributed by atoms with Crippen LogP contribution < -0.4 is 15.8 Å². The number of piperidine rings is 1. The summed E-state index contributed by atoms with van der Waals surface area (Å²) in [5, 5.41) is 9.15.